The van der Waals surface area contributed by atoms with Crippen molar-refractivity contribution in [3.8, 4) is 5.13 Å². The molecule has 3 aromatic rings. The summed E-state index contributed by atoms with van der Waals surface area (Å²) in [5, 5.41) is 2.31. The molecule has 0 aliphatic heterocycles. The number of imidazole rings is 1. The molecule has 21 heavy (non-hydrogen) atoms. The third kappa shape index (κ3) is 1.86. The third-order valence-corrected chi connectivity index (χ3v) is 4.67. The van der Waals surface area contributed by atoms with Crippen LogP contribution in [0.2, 0.25) is 0 Å². The number of ketones is 1. The van der Waals surface area contributed by atoms with E-state index in [1.165, 1.54) is 11.3 Å². The molecule has 106 valence electrons. The summed E-state index contributed by atoms with van der Waals surface area (Å²) in [7, 11) is 1.74. The van der Waals surface area contributed by atoms with Gasteiger partial charge in [-0.25, -0.2) is 14.3 Å². The van der Waals surface area contributed by atoms with Crippen molar-refractivity contribution in [3.63, 3.8) is 0 Å². The fourth-order valence-corrected chi connectivity index (χ4v) is 3.33. The van der Waals surface area contributed by atoms with Crippen LogP contribution in [0, 0.1) is 5.92 Å². The van der Waals surface area contributed by atoms with Crippen LogP contribution in [0.3, 0.4) is 0 Å². The first-order valence-corrected chi connectivity index (χ1v) is 7.71. The fourth-order valence-electron chi connectivity index (χ4n) is 2.51. The molecule has 1 fully saturated rings. The maximum atomic E-state index is 12.4. The van der Waals surface area contributed by atoms with Crippen molar-refractivity contribution in [3.05, 3.63) is 45.8 Å². The van der Waals surface area contributed by atoms with Crippen molar-refractivity contribution in [1.82, 2.24) is 14.1 Å². The molecule has 0 radical (unpaired) electrons. The Morgan fingerprint density at radius 2 is 2.00 bits per heavy atom. The number of carbonyl (C=O) groups is 1. The number of thiazole rings is 1. The van der Waals surface area contributed by atoms with Gasteiger partial charge in [0, 0.05) is 18.3 Å². The summed E-state index contributed by atoms with van der Waals surface area (Å²) >= 11 is 1.34. The van der Waals surface area contributed by atoms with Gasteiger partial charge >= 0.3 is 5.69 Å². The number of hydrogen-bond donors (Lipinski definition) is 0. The molecule has 2 heterocycles. The van der Waals surface area contributed by atoms with Crippen LogP contribution in [0.4, 0.5) is 0 Å². The van der Waals surface area contributed by atoms with Gasteiger partial charge in [0.05, 0.1) is 11.0 Å². The van der Waals surface area contributed by atoms with E-state index in [0.29, 0.717) is 10.8 Å². The van der Waals surface area contributed by atoms with Gasteiger partial charge in [-0.1, -0.05) is 12.1 Å². The van der Waals surface area contributed by atoms with E-state index in [-0.39, 0.29) is 17.4 Å². The predicted octanol–water partition coefficient (Wildman–Crippen LogP) is 2.38. The Kier molecular flexibility index (Phi) is 2.62. The molecule has 0 atom stereocenters. The van der Waals surface area contributed by atoms with E-state index >= 15 is 0 Å². The van der Waals surface area contributed by atoms with Crippen molar-refractivity contribution in [2.75, 3.05) is 0 Å². The molecule has 0 N–H and O–H groups in total. The zero-order chi connectivity index (χ0) is 14.6. The second kappa shape index (κ2) is 4.39. The van der Waals surface area contributed by atoms with Crippen molar-refractivity contribution in [2.45, 2.75) is 12.8 Å². The summed E-state index contributed by atoms with van der Waals surface area (Å²) in [4.78, 5) is 28.9. The normalized spacial score (nSPS) is 14.7. The van der Waals surface area contributed by atoms with E-state index in [0.717, 1.165) is 23.9 Å². The van der Waals surface area contributed by atoms with Crippen LogP contribution in [-0.4, -0.2) is 19.9 Å². The molecule has 0 amide bonds. The van der Waals surface area contributed by atoms with Gasteiger partial charge in [-0.05, 0) is 25.0 Å². The number of para-hydroxylation sites is 2. The Morgan fingerprint density at radius 3 is 2.71 bits per heavy atom. The highest BCUT2D eigenvalue weighted by Crippen LogP contribution is 2.33. The monoisotopic (exact) mass is 299 g/mol. The lowest BCUT2D eigenvalue weighted by Crippen LogP contribution is -2.20. The lowest BCUT2D eigenvalue weighted by Gasteiger charge is -1.97. The summed E-state index contributed by atoms with van der Waals surface area (Å²) in [6.07, 6.45) is 1.92. The van der Waals surface area contributed by atoms with Gasteiger partial charge in [0.15, 0.2) is 10.9 Å². The highest BCUT2D eigenvalue weighted by molar-refractivity contribution is 7.12. The number of fused-ring (bicyclic) bond motifs is 1. The standard InChI is InChI=1S/C15H13N3O2S/c1-17-11-4-2-3-5-12(11)18(15(17)20)14-16-10(8-21-14)13(19)9-6-7-9/h2-5,8-9H,6-7H2,1H3. The number of Topliss-reactive ketones (excluding diaryl/α,β-unsaturated/α-hetero) is 1. The van der Waals surface area contributed by atoms with E-state index in [4.69, 9.17) is 0 Å². The smallest absolute Gasteiger partial charge is 0.295 e. The van der Waals surface area contributed by atoms with Gasteiger partial charge in [0.25, 0.3) is 0 Å². The molecule has 0 spiro atoms. The van der Waals surface area contributed by atoms with Gasteiger partial charge in [-0.3, -0.25) is 9.36 Å². The molecule has 0 saturated heterocycles. The van der Waals surface area contributed by atoms with Crippen LogP contribution in [-0.2, 0) is 7.05 Å². The molecule has 1 aliphatic carbocycles. The van der Waals surface area contributed by atoms with Crippen LogP contribution < -0.4 is 5.69 Å². The maximum Gasteiger partial charge on any atom is 0.335 e. The Hall–Kier alpha value is -2.21. The zero-order valence-electron chi connectivity index (χ0n) is 11.4. The molecule has 0 unspecified atom stereocenters. The number of rotatable bonds is 3. The van der Waals surface area contributed by atoms with Crippen molar-refractivity contribution in [2.24, 2.45) is 13.0 Å². The first-order valence-electron chi connectivity index (χ1n) is 6.83. The number of nitrogens with zero attached hydrogens (tertiary/aromatic N) is 3. The van der Waals surface area contributed by atoms with Crippen LogP contribution >= 0.6 is 11.3 Å². The first-order chi connectivity index (χ1) is 10.2. The van der Waals surface area contributed by atoms with E-state index in [1.54, 1.807) is 21.6 Å². The van der Waals surface area contributed by atoms with Crippen molar-refractivity contribution < 1.29 is 4.79 Å². The second-order valence-electron chi connectivity index (χ2n) is 5.32. The highest BCUT2D eigenvalue weighted by atomic mass is 32.1. The van der Waals surface area contributed by atoms with Crippen LogP contribution in [0.5, 0.6) is 0 Å². The van der Waals surface area contributed by atoms with E-state index in [1.807, 2.05) is 24.3 Å². The average molecular weight is 299 g/mol. The summed E-state index contributed by atoms with van der Waals surface area (Å²) < 4.78 is 3.17. The summed E-state index contributed by atoms with van der Waals surface area (Å²) in [5.74, 6) is 0.245. The molecule has 5 nitrogen and oxygen atoms in total. The third-order valence-electron chi connectivity index (χ3n) is 3.85. The summed E-state index contributed by atoms with van der Waals surface area (Å²) in [6, 6.07) is 7.58. The van der Waals surface area contributed by atoms with E-state index in [9.17, 15) is 9.59 Å². The predicted molar refractivity (Wildman–Crippen MR) is 81.2 cm³/mol. The van der Waals surface area contributed by atoms with E-state index in [2.05, 4.69) is 4.98 Å². The van der Waals surface area contributed by atoms with Gasteiger partial charge < -0.3 is 0 Å². The number of carbonyl (C=O) groups excluding carboxylic acids is 1. The van der Waals surface area contributed by atoms with Crippen LogP contribution in [0.15, 0.2) is 34.4 Å². The van der Waals surface area contributed by atoms with E-state index < -0.39 is 0 Å². The highest BCUT2D eigenvalue weighted by Gasteiger charge is 2.32. The fraction of sp³-hybridized carbons (Fsp3) is 0.267. The average Bonchev–Trinajstić information content (AvgIpc) is 3.19. The topological polar surface area (TPSA) is 56.9 Å². The minimum Gasteiger partial charge on any atom is -0.295 e. The molecule has 6 heteroatoms. The molecule has 2 aromatic heterocycles. The molecule has 0 bridgehead atoms. The molecular formula is C15H13N3O2S. The van der Waals surface area contributed by atoms with Crippen molar-refractivity contribution in [1.29, 1.82) is 0 Å². The SMILES string of the molecule is Cn1c(=O)n(-c2nc(C(=O)C3CC3)cs2)c2ccccc21. The Morgan fingerprint density at radius 1 is 1.29 bits per heavy atom. The Bertz CT molecular complexity index is 915. The number of aromatic nitrogens is 3. The van der Waals surface area contributed by atoms with Gasteiger partial charge in [0.1, 0.15) is 5.69 Å². The number of hydrogen-bond acceptors (Lipinski definition) is 4. The first kappa shape index (κ1) is 12.5. The molecule has 4 rings (SSSR count). The van der Waals surface area contributed by atoms with Gasteiger partial charge in [0.2, 0.25) is 0 Å². The molecular weight excluding hydrogens is 286 g/mol. The quantitative estimate of drug-likeness (QED) is 0.698. The Balaban J connectivity index is 1.89. The van der Waals surface area contributed by atoms with Crippen LogP contribution in [0.1, 0.15) is 23.3 Å². The van der Waals surface area contributed by atoms with Crippen LogP contribution in [0.25, 0.3) is 16.2 Å². The molecule has 1 saturated carbocycles. The lowest BCUT2D eigenvalue weighted by molar-refractivity contribution is 0.0963. The van der Waals surface area contributed by atoms with Gasteiger partial charge in [-0.15, -0.1) is 11.3 Å². The van der Waals surface area contributed by atoms with Gasteiger partial charge in [-0.2, -0.15) is 0 Å². The number of aryl methyl sites for hydroxylation is 1. The summed E-state index contributed by atoms with van der Waals surface area (Å²) in [6.45, 7) is 0. The minimum absolute atomic E-state index is 0.103. The van der Waals surface area contributed by atoms with Crippen molar-refractivity contribution >= 4 is 28.2 Å². The maximum absolute atomic E-state index is 12.4. The second-order valence-corrected chi connectivity index (χ2v) is 6.16. The number of benzene rings is 1. The Labute approximate surface area is 124 Å². The lowest BCUT2D eigenvalue weighted by atomic mass is 10.2. The minimum atomic E-state index is -0.143. The largest absolute Gasteiger partial charge is 0.335 e. The zero-order valence-corrected chi connectivity index (χ0v) is 12.3. The molecule has 1 aromatic carbocycles. The summed E-state index contributed by atoms with van der Waals surface area (Å²) in [5.41, 5.74) is 2.01. The molecule has 1 aliphatic rings.